The summed E-state index contributed by atoms with van der Waals surface area (Å²) in [5, 5.41) is 7.87. The lowest BCUT2D eigenvalue weighted by atomic mass is 10.1. The molecule has 4 rings (SSSR count). The number of nitrogens with one attached hydrogen (secondary N) is 3. The van der Waals surface area contributed by atoms with E-state index in [0.29, 0.717) is 18.2 Å². The largest absolute Gasteiger partial charge is 0.439 e. The summed E-state index contributed by atoms with van der Waals surface area (Å²) < 4.78 is 18.8. The molecule has 0 saturated heterocycles. The van der Waals surface area contributed by atoms with E-state index in [9.17, 15) is 4.39 Å². The first-order valence-electron chi connectivity index (χ1n) is 10.1. The van der Waals surface area contributed by atoms with Crippen molar-refractivity contribution in [3.05, 3.63) is 90.0 Å². The molecule has 0 radical (unpaired) electrons. The quantitative estimate of drug-likeness (QED) is 0.173. The van der Waals surface area contributed by atoms with Crippen LogP contribution in [0.1, 0.15) is 11.1 Å². The smallest absolute Gasteiger partial charge is 0.219 e. The van der Waals surface area contributed by atoms with Gasteiger partial charge in [0, 0.05) is 55.6 Å². The number of halogens is 2. The van der Waals surface area contributed by atoms with E-state index in [1.807, 2.05) is 12.1 Å². The highest BCUT2D eigenvalue weighted by molar-refractivity contribution is 14.0. The standard InChI is InChI=1S/C24H24FN5O.HI/c1-26-24(27-12-11-18-16-28-22-8-3-2-7-21(18)22)30-15-17-9-10-23(29-14-17)31-20-6-4-5-19(25)13-20;/h2-10,13-14,16,28H,11-12,15H2,1H3,(H2,26,27,30);1H. The Kier molecular flexibility index (Phi) is 8.43. The monoisotopic (exact) mass is 545 g/mol. The summed E-state index contributed by atoms with van der Waals surface area (Å²) in [5.74, 6) is 1.20. The van der Waals surface area contributed by atoms with Crippen LogP contribution in [-0.2, 0) is 13.0 Å². The van der Waals surface area contributed by atoms with Gasteiger partial charge in [0.15, 0.2) is 5.96 Å². The number of aromatic nitrogens is 2. The fraction of sp³-hybridized carbons (Fsp3) is 0.167. The van der Waals surface area contributed by atoms with Crippen molar-refractivity contribution < 1.29 is 9.13 Å². The van der Waals surface area contributed by atoms with E-state index in [-0.39, 0.29) is 29.8 Å². The van der Waals surface area contributed by atoms with Crippen molar-refractivity contribution >= 4 is 40.8 Å². The van der Waals surface area contributed by atoms with Crippen molar-refractivity contribution in [2.24, 2.45) is 4.99 Å². The molecule has 0 aliphatic carbocycles. The van der Waals surface area contributed by atoms with Gasteiger partial charge in [-0.25, -0.2) is 9.37 Å². The van der Waals surface area contributed by atoms with Gasteiger partial charge in [-0.1, -0.05) is 30.3 Å². The van der Waals surface area contributed by atoms with Crippen LogP contribution in [0.3, 0.4) is 0 Å². The minimum atomic E-state index is -0.345. The van der Waals surface area contributed by atoms with Gasteiger partial charge < -0.3 is 20.4 Å². The molecule has 0 aliphatic rings. The predicted octanol–water partition coefficient (Wildman–Crippen LogP) is 5.02. The van der Waals surface area contributed by atoms with Gasteiger partial charge >= 0.3 is 0 Å². The molecule has 0 spiro atoms. The molecule has 166 valence electrons. The third-order valence-electron chi connectivity index (χ3n) is 4.86. The topological polar surface area (TPSA) is 74.3 Å². The Bertz CT molecular complexity index is 1180. The number of guanidine groups is 1. The van der Waals surface area contributed by atoms with Crippen LogP contribution in [0.15, 0.2) is 78.0 Å². The number of aromatic amines is 1. The van der Waals surface area contributed by atoms with Gasteiger partial charge in [0.25, 0.3) is 0 Å². The fourth-order valence-electron chi connectivity index (χ4n) is 3.29. The molecule has 8 heteroatoms. The van der Waals surface area contributed by atoms with Gasteiger partial charge in [0.1, 0.15) is 11.6 Å². The molecule has 6 nitrogen and oxygen atoms in total. The number of benzene rings is 2. The number of fused-ring (bicyclic) bond motifs is 1. The van der Waals surface area contributed by atoms with Gasteiger partial charge in [-0.2, -0.15) is 0 Å². The van der Waals surface area contributed by atoms with Crippen LogP contribution in [0.25, 0.3) is 10.9 Å². The van der Waals surface area contributed by atoms with Gasteiger partial charge in [-0.3, -0.25) is 4.99 Å². The maximum absolute atomic E-state index is 13.3. The highest BCUT2D eigenvalue weighted by atomic mass is 127. The van der Waals surface area contributed by atoms with Crippen molar-refractivity contribution in [1.82, 2.24) is 20.6 Å². The summed E-state index contributed by atoms with van der Waals surface area (Å²) in [6, 6.07) is 17.9. The number of hydrogen-bond acceptors (Lipinski definition) is 3. The second-order valence-corrected chi connectivity index (χ2v) is 7.03. The second kappa shape index (κ2) is 11.5. The minimum Gasteiger partial charge on any atom is -0.439 e. The van der Waals surface area contributed by atoms with Gasteiger partial charge in [0.05, 0.1) is 0 Å². The number of pyridine rings is 1. The summed E-state index contributed by atoms with van der Waals surface area (Å²) in [7, 11) is 1.75. The number of ether oxygens (including phenoxy) is 1. The molecule has 0 aliphatic heterocycles. The maximum atomic E-state index is 13.3. The van der Waals surface area contributed by atoms with Crippen LogP contribution < -0.4 is 15.4 Å². The van der Waals surface area contributed by atoms with E-state index in [2.05, 4.69) is 50.0 Å². The van der Waals surface area contributed by atoms with Crippen LogP contribution in [0.2, 0.25) is 0 Å². The summed E-state index contributed by atoms with van der Waals surface area (Å²) in [5.41, 5.74) is 3.40. The van der Waals surface area contributed by atoms with Gasteiger partial charge in [-0.15, -0.1) is 24.0 Å². The van der Waals surface area contributed by atoms with Crippen molar-refractivity contribution in [3.63, 3.8) is 0 Å². The third-order valence-corrected chi connectivity index (χ3v) is 4.86. The number of nitrogens with zero attached hydrogens (tertiary/aromatic N) is 2. The Morgan fingerprint density at radius 1 is 1.09 bits per heavy atom. The van der Waals surface area contributed by atoms with Crippen LogP contribution >= 0.6 is 24.0 Å². The summed E-state index contributed by atoms with van der Waals surface area (Å²) in [6.07, 6.45) is 4.67. The number of rotatable bonds is 7. The lowest BCUT2D eigenvalue weighted by Crippen LogP contribution is -2.37. The van der Waals surface area contributed by atoms with Gasteiger partial charge in [-0.05, 0) is 35.7 Å². The lowest BCUT2D eigenvalue weighted by Gasteiger charge is -2.12. The first-order chi connectivity index (χ1) is 15.2. The Morgan fingerprint density at radius 2 is 1.97 bits per heavy atom. The van der Waals surface area contributed by atoms with Crippen LogP contribution in [0.5, 0.6) is 11.6 Å². The second-order valence-electron chi connectivity index (χ2n) is 7.03. The number of aliphatic imine (C=N–C) groups is 1. The zero-order valence-corrected chi connectivity index (χ0v) is 20.0. The SMILES string of the molecule is CN=C(NCCc1c[nH]c2ccccc12)NCc1ccc(Oc2cccc(F)c2)nc1.I. The highest BCUT2D eigenvalue weighted by Gasteiger charge is 2.05. The summed E-state index contributed by atoms with van der Waals surface area (Å²) in [4.78, 5) is 11.9. The number of hydrogen-bond donors (Lipinski definition) is 3. The molecule has 0 amide bonds. The average Bonchev–Trinajstić information content (AvgIpc) is 3.20. The molecule has 2 heterocycles. The van der Waals surface area contributed by atoms with Crippen molar-refractivity contribution in [1.29, 1.82) is 0 Å². The normalized spacial score (nSPS) is 11.1. The Labute approximate surface area is 203 Å². The lowest BCUT2D eigenvalue weighted by molar-refractivity contribution is 0.457. The summed E-state index contributed by atoms with van der Waals surface area (Å²) >= 11 is 0. The molecular formula is C24H25FIN5O. The van der Waals surface area contributed by atoms with Crippen molar-refractivity contribution in [2.45, 2.75) is 13.0 Å². The molecule has 4 aromatic rings. The van der Waals surface area contributed by atoms with Gasteiger partial charge in [0.2, 0.25) is 5.88 Å². The van der Waals surface area contributed by atoms with Crippen molar-refractivity contribution in [3.8, 4) is 11.6 Å². The van der Waals surface area contributed by atoms with E-state index in [0.717, 1.165) is 30.0 Å². The first-order valence-corrected chi connectivity index (χ1v) is 10.1. The van der Waals surface area contributed by atoms with E-state index < -0.39 is 0 Å². The molecule has 0 bridgehead atoms. The molecule has 0 atom stereocenters. The Balaban J connectivity index is 0.00000289. The molecule has 0 fully saturated rings. The molecule has 0 unspecified atom stereocenters. The average molecular weight is 545 g/mol. The van der Waals surface area contributed by atoms with Crippen LogP contribution in [0.4, 0.5) is 4.39 Å². The molecule has 3 N–H and O–H groups in total. The van der Waals surface area contributed by atoms with Crippen molar-refractivity contribution in [2.75, 3.05) is 13.6 Å². The zero-order chi connectivity index (χ0) is 21.5. The highest BCUT2D eigenvalue weighted by Crippen LogP contribution is 2.20. The van der Waals surface area contributed by atoms with Crippen LogP contribution in [0, 0.1) is 5.82 Å². The van der Waals surface area contributed by atoms with E-state index in [1.165, 1.54) is 23.1 Å². The van der Waals surface area contributed by atoms with E-state index in [4.69, 9.17) is 4.74 Å². The molecule has 0 saturated carbocycles. The minimum absolute atomic E-state index is 0. The van der Waals surface area contributed by atoms with E-state index in [1.54, 1.807) is 31.4 Å². The predicted molar refractivity (Wildman–Crippen MR) is 136 cm³/mol. The van der Waals surface area contributed by atoms with Crippen LogP contribution in [-0.4, -0.2) is 29.5 Å². The molecular weight excluding hydrogens is 520 g/mol. The first kappa shape index (κ1) is 23.5. The summed E-state index contributed by atoms with van der Waals surface area (Å²) in [6.45, 7) is 1.33. The molecule has 2 aromatic carbocycles. The maximum Gasteiger partial charge on any atom is 0.219 e. The Hall–Kier alpha value is -3.14. The number of H-pyrrole nitrogens is 1. The van der Waals surface area contributed by atoms with E-state index >= 15 is 0 Å². The third kappa shape index (κ3) is 6.19. The zero-order valence-electron chi connectivity index (χ0n) is 17.6. The molecule has 2 aromatic heterocycles. The number of para-hydroxylation sites is 1. The Morgan fingerprint density at radius 3 is 2.75 bits per heavy atom. The molecule has 32 heavy (non-hydrogen) atoms. The fourth-order valence-corrected chi connectivity index (χ4v) is 3.29.